The molecule has 0 saturated carbocycles. The minimum Gasteiger partial charge on any atom is -0.379 e. The van der Waals surface area contributed by atoms with E-state index in [9.17, 15) is 0 Å². The predicted octanol–water partition coefficient (Wildman–Crippen LogP) is 2.20. The van der Waals surface area contributed by atoms with Crippen LogP contribution in [0, 0.1) is 0 Å². The lowest BCUT2D eigenvalue weighted by Crippen LogP contribution is -2.51. The van der Waals surface area contributed by atoms with E-state index in [1.165, 1.54) is 5.56 Å². The lowest BCUT2D eigenvalue weighted by atomic mass is 10.2. The molecular formula is C20H29N5O2S. The van der Waals surface area contributed by atoms with E-state index in [1.807, 2.05) is 29.8 Å². The van der Waals surface area contributed by atoms with Gasteiger partial charge in [0.2, 0.25) is 0 Å². The van der Waals surface area contributed by atoms with Crippen molar-refractivity contribution in [1.29, 1.82) is 0 Å². The standard InChI is InChI=1S/C20H29N5O2S/c21-19(24-9-11-25(12-10-24)20-23-8-16-28-20)22-7-4-13-26-14-15-27-17-18-5-2-1-3-6-18/h1-3,5-6,8,16H,4,7,9-15,17H2,(H2,21,22). The molecule has 7 nitrogen and oxygen atoms in total. The minimum absolute atomic E-state index is 0.601. The third kappa shape index (κ3) is 6.78. The van der Waals surface area contributed by atoms with Gasteiger partial charge in [0, 0.05) is 50.9 Å². The van der Waals surface area contributed by atoms with Gasteiger partial charge in [-0.15, -0.1) is 11.3 Å². The van der Waals surface area contributed by atoms with E-state index in [0.717, 1.165) is 37.7 Å². The van der Waals surface area contributed by atoms with Gasteiger partial charge >= 0.3 is 0 Å². The topological polar surface area (TPSA) is 76.2 Å². The van der Waals surface area contributed by atoms with Gasteiger partial charge in [0.15, 0.2) is 11.1 Å². The molecule has 0 bridgehead atoms. The average molecular weight is 404 g/mol. The highest BCUT2D eigenvalue weighted by Gasteiger charge is 2.19. The second kappa shape index (κ2) is 11.6. The van der Waals surface area contributed by atoms with E-state index in [1.54, 1.807) is 11.3 Å². The van der Waals surface area contributed by atoms with E-state index < -0.39 is 0 Å². The van der Waals surface area contributed by atoms with Crippen molar-refractivity contribution in [2.24, 2.45) is 10.7 Å². The van der Waals surface area contributed by atoms with Crippen LogP contribution in [0.15, 0.2) is 46.9 Å². The summed E-state index contributed by atoms with van der Waals surface area (Å²) in [4.78, 5) is 13.3. The van der Waals surface area contributed by atoms with Crippen molar-refractivity contribution in [3.8, 4) is 0 Å². The fraction of sp³-hybridized carbons (Fsp3) is 0.500. The van der Waals surface area contributed by atoms with E-state index in [2.05, 4.69) is 31.9 Å². The quantitative estimate of drug-likeness (QED) is 0.372. The maximum Gasteiger partial charge on any atom is 0.191 e. The molecule has 2 aromatic rings. The van der Waals surface area contributed by atoms with Crippen LogP contribution in [0.25, 0.3) is 0 Å². The van der Waals surface area contributed by atoms with Crippen molar-refractivity contribution >= 4 is 22.4 Å². The Labute approximate surface area is 170 Å². The maximum atomic E-state index is 6.13. The van der Waals surface area contributed by atoms with Crippen molar-refractivity contribution in [2.45, 2.75) is 13.0 Å². The number of benzene rings is 1. The first-order chi connectivity index (χ1) is 13.8. The van der Waals surface area contributed by atoms with E-state index >= 15 is 0 Å². The average Bonchev–Trinajstić information content (AvgIpc) is 3.28. The molecular weight excluding hydrogens is 374 g/mol. The van der Waals surface area contributed by atoms with Crippen LogP contribution in [0.3, 0.4) is 0 Å². The molecule has 0 unspecified atom stereocenters. The van der Waals surface area contributed by atoms with Crippen LogP contribution in [0.1, 0.15) is 12.0 Å². The molecule has 28 heavy (non-hydrogen) atoms. The number of ether oxygens (including phenoxy) is 2. The summed E-state index contributed by atoms with van der Waals surface area (Å²) in [6, 6.07) is 10.2. The zero-order chi connectivity index (χ0) is 19.4. The van der Waals surface area contributed by atoms with Crippen molar-refractivity contribution in [1.82, 2.24) is 9.88 Å². The highest BCUT2D eigenvalue weighted by molar-refractivity contribution is 7.13. The second-order valence-corrected chi connectivity index (χ2v) is 7.41. The smallest absolute Gasteiger partial charge is 0.191 e. The van der Waals surface area contributed by atoms with Crippen molar-refractivity contribution in [2.75, 3.05) is 57.4 Å². The number of thiazole rings is 1. The molecule has 1 aromatic heterocycles. The van der Waals surface area contributed by atoms with Gasteiger partial charge in [-0.25, -0.2) is 4.98 Å². The predicted molar refractivity (Wildman–Crippen MR) is 114 cm³/mol. The Kier molecular flexibility index (Phi) is 8.54. The number of nitrogens with zero attached hydrogens (tertiary/aromatic N) is 4. The monoisotopic (exact) mass is 403 g/mol. The number of rotatable bonds is 10. The van der Waals surface area contributed by atoms with E-state index in [0.29, 0.717) is 38.9 Å². The fourth-order valence-corrected chi connectivity index (χ4v) is 3.64. The normalized spacial score (nSPS) is 15.2. The first-order valence-electron chi connectivity index (χ1n) is 9.71. The molecule has 0 radical (unpaired) electrons. The second-order valence-electron chi connectivity index (χ2n) is 6.53. The molecule has 1 aliphatic rings. The zero-order valence-electron chi connectivity index (χ0n) is 16.2. The minimum atomic E-state index is 0.601. The first-order valence-corrected chi connectivity index (χ1v) is 10.6. The number of piperazine rings is 1. The number of guanidine groups is 1. The van der Waals surface area contributed by atoms with Crippen LogP contribution in [0.4, 0.5) is 5.13 Å². The maximum absolute atomic E-state index is 6.13. The number of nitrogens with two attached hydrogens (primary N) is 1. The third-order valence-electron chi connectivity index (χ3n) is 4.50. The Balaban J connectivity index is 1.20. The van der Waals surface area contributed by atoms with Gasteiger partial charge in [-0.3, -0.25) is 4.99 Å². The van der Waals surface area contributed by atoms with Gasteiger partial charge in [-0.1, -0.05) is 30.3 Å². The third-order valence-corrected chi connectivity index (χ3v) is 5.33. The summed E-state index contributed by atoms with van der Waals surface area (Å²) in [5.41, 5.74) is 7.31. The summed E-state index contributed by atoms with van der Waals surface area (Å²) < 4.78 is 11.2. The molecule has 1 aliphatic heterocycles. The highest BCUT2D eigenvalue weighted by atomic mass is 32.1. The molecule has 152 valence electrons. The van der Waals surface area contributed by atoms with E-state index in [4.69, 9.17) is 15.2 Å². The zero-order valence-corrected chi connectivity index (χ0v) is 17.0. The molecule has 0 spiro atoms. The molecule has 0 atom stereocenters. The number of aromatic nitrogens is 1. The molecule has 1 fully saturated rings. The van der Waals surface area contributed by atoms with Crippen LogP contribution < -0.4 is 10.6 Å². The van der Waals surface area contributed by atoms with Gasteiger partial charge < -0.3 is 25.0 Å². The lowest BCUT2D eigenvalue weighted by molar-refractivity contribution is 0.0403. The highest BCUT2D eigenvalue weighted by Crippen LogP contribution is 2.18. The largest absolute Gasteiger partial charge is 0.379 e. The van der Waals surface area contributed by atoms with Crippen molar-refractivity contribution < 1.29 is 9.47 Å². The first kappa shape index (κ1) is 20.6. The van der Waals surface area contributed by atoms with Crippen molar-refractivity contribution in [3.05, 3.63) is 47.5 Å². The molecule has 0 aliphatic carbocycles. The van der Waals surface area contributed by atoms with Crippen molar-refractivity contribution in [3.63, 3.8) is 0 Å². The molecule has 2 N–H and O–H groups in total. The molecule has 8 heteroatoms. The summed E-state index contributed by atoms with van der Waals surface area (Å²) in [6.07, 6.45) is 2.71. The van der Waals surface area contributed by atoms with Gasteiger partial charge in [-0.2, -0.15) is 0 Å². The fourth-order valence-electron chi connectivity index (χ4n) is 2.94. The van der Waals surface area contributed by atoms with Gasteiger partial charge in [0.1, 0.15) is 0 Å². The van der Waals surface area contributed by atoms with E-state index in [-0.39, 0.29) is 0 Å². The molecule has 1 aromatic carbocycles. The Morgan fingerprint density at radius 3 is 2.61 bits per heavy atom. The van der Waals surface area contributed by atoms with Crippen LogP contribution in [0.2, 0.25) is 0 Å². The summed E-state index contributed by atoms with van der Waals surface area (Å²) in [5, 5.41) is 3.09. The van der Waals surface area contributed by atoms with Gasteiger partial charge in [-0.05, 0) is 12.0 Å². The van der Waals surface area contributed by atoms with Crippen LogP contribution in [-0.4, -0.2) is 68.4 Å². The number of hydrogen-bond donors (Lipinski definition) is 1. The number of aliphatic imine (C=N–C) groups is 1. The number of hydrogen-bond acceptors (Lipinski definition) is 6. The Morgan fingerprint density at radius 2 is 1.86 bits per heavy atom. The summed E-state index contributed by atoms with van der Waals surface area (Å²) in [5.74, 6) is 0.630. The Bertz CT molecular complexity index is 688. The van der Waals surface area contributed by atoms with Gasteiger partial charge in [0.05, 0.1) is 19.8 Å². The van der Waals surface area contributed by atoms with Crippen LogP contribution >= 0.6 is 11.3 Å². The molecule has 0 amide bonds. The van der Waals surface area contributed by atoms with Crippen LogP contribution in [-0.2, 0) is 16.1 Å². The summed E-state index contributed by atoms with van der Waals surface area (Å²) >= 11 is 1.68. The Morgan fingerprint density at radius 1 is 1.07 bits per heavy atom. The lowest BCUT2D eigenvalue weighted by Gasteiger charge is -2.35. The molecule has 3 rings (SSSR count). The van der Waals surface area contributed by atoms with Crippen LogP contribution in [0.5, 0.6) is 0 Å². The molecule has 1 saturated heterocycles. The summed E-state index contributed by atoms with van der Waals surface area (Å²) in [6.45, 7) is 6.79. The molecule has 2 heterocycles. The van der Waals surface area contributed by atoms with Gasteiger partial charge in [0.25, 0.3) is 0 Å². The Hall–Kier alpha value is -2.16. The summed E-state index contributed by atoms with van der Waals surface area (Å²) in [7, 11) is 0. The SMILES string of the molecule is NC(=NCCCOCCOCc1ccccc1)N1CCN(c2nccs2)CC1. The number of anilines is 1.